The molecule has 0 aliphatic heterocycles. The van der Waals surface area contributed by atoms with E-state index in [9.17, 15) is 4.79 Å². The molecule has 8 nitrogen and oxygen atoms in total. The van der Waals surface area contributed by atoms with Gasteiger partial charge >= 0.3 is 0 Å². The highest BCUT2D eigenvalue weighted by atomic mass is 32.2. The predicted molar refractivity (Wildman–Crippen MR) is 123 cm³/mol. The molecule has 1 atom stereocenters. The van der Waals surface area contributed by atoms with E-state index in [0.29, 0.717) is 22.5 Å². The highest BCUT2D eigenvalue weighted by molar-refractivity contribution is 7.98. The summed E-state index contributed by atoms with van der Waals surface area (Å²) in [4.78, 5) is 19.7. The van der Waals surface area contributed by atoms with Crippen LogP contribution in [0.5, 0.6) is 5.75 Å². The van der Waals surface area contributed by atoms with E-state index in [1.54, 1.807) is 13.2 Å². The molecule has 0 saturated heterocycles. The summed E-state index contributed by atoms with van der Waals surface area (Å²) in [5, 5.41) is 13.6. The highest BCUT2D eigenvalue weighted by Gasteiger charge is 2.18. The van der Waals surface area contributed by atoms with Crippen molar-refractivity contribution < 1.29 is 4.74 Å². The summed E-state index contributed by atoms with van der Waals surface area (Å²) in [6.07, 6.45) is 0. The molecule has 0 unspecified atom stereocenters. The molecule has 2 aromatic heterocycles. The summed E-state index contributed by atoms with van der Waals surface area (Å²) in [7, 11) is 1.65. The Kier molecular flexibility index (Phi) is 6.22. The summed E-state index contributed by atoms with van der Waals surface area (Å²) >= 11 is 1.50. The third-order valence-corrected chi connectivity index (χ3v) is 5.91. The first-order valence-electron chi connectivity index (χ1n) is 10.0. The predicted octanol–water partition coefficient (Wildman–Crippen LogP) is 4.01. The third kappa shape index (κ3) is 4.41. The van der Waals surface area contributed by atoms with Crippen LogP contribution in [0.1, 0.15) is 31.5 Å². The van der Waals surface area contributed by atoms with Gasteiger partial charge in [0.1, 0.15) is 11.6 Å². The van der Waals surface area contributed by atoms with Crippen LogP contribution in [0.15, 0.2) is 58.5 Å². The van der Waals surface area contributed by atoms with Crippen LogP contribution in [-0.4, -0.2) is 31.8 Å². The zero-order valence-corrected chi connectivity index (χ0v) is 18.4. The molecule has 4 aromatic rings. The average Bonchev–Trinajstić information content (AvgIpc) is 3.21. The number of rotatable bonds is 8. The Morgan fingerprint density at radius 2 is 1.94 bits per heavy atom. The number of aromatic nitrogens is 5. The number of methoxy groups -OCH3 is 1. The Labute approximate surface area is 184 Å². The lowest BCUT2D eigenvalue weighted by Crippen LogP contribution is -2.14. The number of fused-ring (bicyclic) bond motifs is 1. The van der Waals surface area contributed by atoms with E-state index in [1.807, 2.05) is 49.4 Å². The molecule has 4 rings (SSSR count). The maximum absolute atomic E-state index is 12.3. The number of anilines is 1. The van der Waals surface area contributed by atoms with E-state index in [4.69, 9.17) is 4.74 Å². The summed E-state index contributed by atoms with van der Waals surface area (Å²) in [6, 6.07) is 15.0. The quantitative estimate of drug-likeness (QED) is 0.403. The van der Waals surface area contributed by atoms with Gasteiger partial charge in [-0.15, -0.1) is 10.2 Å². The molecule has 9 heteroatoms. The minimum absolute atomic E-state index is 0.0725. The first-order valence-corrected chi connectivity index (χ1v) is 11.0. The topological polar surface area (TPSA) is 97.7 Å². The van der Waals surface area contributed by atoms with Gasteiger partial charge in [0.15, 0.2) is 11.0 Å². The second-order valence-electron chi connectivity index (χ2n) is 6.97. The summed E-state index contributed by atoms with van der Waals surface area (Å²) in [6.45, 7) is 4.83. The molecule has 31 heavy (non-hydrogen) atoms. The maximum atomic E-state index is 12.3. The van der Waals surface area contributed by atoms with Crippen LogP contribution < -0.4 is 15.6 Å². The Bertz CT molecular complexity index is 1250. The lowest BCUT2D eigenvalue weighted by Gasteiger charge is -2.18. The number of nitrogens with one attached hydrogen (secondary N) is 2. The zero-order chi connectivity index (χ0) is 21.8. The molecule has 0 radical (unpaired) electrons. The van der Waals surface area contributed by atoms with Crippen LogP contribution in [0.2, 0.25) is 0 Å². The van der Waals surface area contributed by atoms with E-state index in [2.05, 4.69) is 37.0 Å². The van der Waals surface area contributed by atoms with E-state index < -0.39 is 0 Å². The van der Waals surface area contributed by atoms with E-state index in [0.717, 1.165) is 29.0 Å². The number of hydrogen-bond acceptors (Lipinski definition) is 7. The van der Waals surface area contributed by atoms with Crippen molar-refractivity contribution in [3.63, 3.8) is 0 Å². The van der Waals surface area contributed by atoms with Crippen LogP contribution in [0.3, 0.4) is 0 Å². The SMILES string of the molecule is CCn1c(SCc2nc3ccccc3c(=O)[nH]2)nnc1[C@@H](C)Nc1ccccc1OC. The van der Waals surface area contributed by atoms with Crippen LogP contribution in [0.4, 0.5) is 5.69 Å². The van der Waals surface area contributed by atoms with Crippen molar-refractivity contribution in [3.8, 4) is 5.75 Å². The Morgan fingerprint density at radius 1 is 1.16 bits per heavy atom. The second kappa shape index (κ2) is 9.22. The van der Waals surface area contributed by atoms with E-state index in [-0.39, 0.29) is 11.6 Å². The van der Waals surface area contributed by atoms with Crippen LogP contribution in [-0.2, 0) is 12.3 Å². The fourth-order valence-corrected chi connectivity index (χ4v) is 4.30. The molecule has 0 amide bonds. The fourth-order valence-electron chi connectivity index (χ4n) is 3.42. The van der Waals surface area contributed by atoms with E-state index >= 15 is 0 Å². The van der Waals surface area contributed by atoms with Crippen LogP contribution in [0.25, 0.3) is 10.9 Å². The van der Waals surface area contributed by atoms with Crippen molar-refractivity contribution in [2.24, 2.45) is 0 Å². The number of ether oxygens (including phenoxy) is 1. The molecule has 0 fully saturated rings. The van der Waals surface area contributed by atoms with Gasteiger partial charge in [0.2, 0.25) is 0 Å². The van der Waals surface area contributed by atoms with Crippen molar-refractivity contribution in [1.29, 1.82) is 0 Å². The lowest BCUT2D eigenvalue weighted by atomic mass is 10.2. The second-order valence-corrected chi connectivity index (χ2v) is 7.91. The normalized spacial score (nSPS) is 12.1. The standard InChI is InChI=1S/C22H24N6O2S/c1-4-28-20(14(2)23-17-11-7-8-12-18(17)30-3)26-27-22(28)31-13-19-24-16-10-6-5-9-15(16)21(29)25-19/h5-12,14,23H,4,13H2,1-3H3,(H,24,25,29)/t14-/m1/s1. The van der Waals surface area contributed by atoms with Gasteiger partial charge in [0.05, 0.1) is 35.5 Å². The van der Waals surface area contributed by atoms with Crippen molar-refractivity contribution >= 4 is 28.4 Å². The van der Waals surface area contributed by atoms with Gasteiger partial charge < -0.3 is 19.6 Å². The van der Waals surface area contributed by atoms with Crippen molar-refractivity contribution in [2.75, 3.05) is 12.4 Å². The zero-order valence-electron chi connectivity index (χ0n) is 17.6. The molecule has 2 N–H and O–H groups in total. The molecule has 160 valence electrons. The van der Waals surface area contributed by atoms with E-state index in [1.165, 1.54) is 11.8 Å². The fraction of sp³-hybridized carbons (Fsp3) is 0.273. The third-order valence-electron chi connectivity index (χ3n) is 4.93. The molecule has 0 bridgehead atoms. The summed E-state index contributed by atoms with van der Waals surface area (Å²) in [5.74, 6) is 2.71. The first-order chi connectivity index (χ1) is 15.1. The van der Waals surface area contributed by atoms with Crippen molar-refractivity contribution in [1.82, 2.24) is 24.7 Å². The molecule has 0 aliphatic rings. The van der Waals surface area contributed by atoms with Crippen molar-refractivity contribution in [3.05, 3.63) is 70.5 Å². The molecular formula is C22H24N6O2S. The van der Waals surface area contributed by atoms with Gasteiger partial charge in [-0.1, -0.05) is 36.0 Å². The maximum Gasteiger partial charge on any atom is 0.258 e. The van der Waals surface area contributed by atoms with Gasteiger partial charge in [-0.05, 0) is 38.1 Å². The minimum Gasteiger partial charge on any atom is -0.495 e. The molecule has 0 aliphatic carbocycles. The number of nitrogens with zero attached hydrogens (tertiary/aromatic N) is 4. The van der Waals surface area contributed by atoms with Gasteiger partial charge in [-0.3, -0.25) is 4.79 Å². The Hall–Kier alpha value is -3.33. The highest BCUT2D eigenvalue weighted by Crippen LogP contribution is 2.29. The number of para-hydroxylation sites is 3. The summed E-state index contributed by atoms with van der Waals surface area (Å²) < 4.78 is 7.49. The van der Waals surface area contributed by atoms with Gasteiger partial charge in [0.25, 0.3) is 5.56 Å². The van der Waals surface area contributed by atoms with Crippen LogP contribution in [0, 0.1) is 0 Å². The molecular weight excluding hydrogens is 412 g/mol. The first kappa shape index (κ1) is 20.9. The number of hydrogen-bond donors (Lipinski definition) is 2. The number of thioether (sulfide) groups is 1. The Balaban J connectivity index is 1.52. The summed E-state index contributed by atoms with van der Waals surface area (Å²) in [5.41, 5.74) is 1.46. The van der Waals surface area contributed by atoms with Gasteiger partial charge in [-0.25, -0.2) is 4.98 Å². The Morgan fingerprint density at radius 3 is 2.74 bits per heavy atom. The van der Waals surface area contributed by atoms with Crippen molar-refractivity contribution in [2.45, 2.75) is 37.3 Å². The van der Waals surface area contributed by atoms with Gasteiger partial charge in [0, 0.05) is 6.54 Å². The molecule has 0 saturated carbocycles. The van der Waals surface area contributed by atoms with Gasteiger partial charge in [-0.2, -0.15) is 0 Å². The number of H-pyrrole nitrogens is 1. The average molecular weight is 437 g/mol. The number of benzene rings is 2. The molecule has 2 aromatic carbocycles. The van der Waals surface area contributed by atoms with Crippen LogP contribution >= 0.6 is 11.8 Å². The molecule has 2 heterocycles. The monoisotopic (exact) mass is 436 g/mol. The lowest BCUT2D eigenvalue weighted by molar-refractivity contribution is 0.416. The minimum atomic E-state index is -0.131. The molecule has 0 spiro atoms. The number of aromatic amines is 1. The smallest absolute Gasteiger partial charge is 0.258 e. The largest absolute Gasteiger partial charge is 0.495 e.